The lowest BCUT2D eigenvalue weighted by Gasteiger charge is -2.05. The second-order valence-corrected chi connectivity index (χ2v) is 3.68. The third-order valence-corrected chi connectivity index (χ3v) is 2.50. The summed E-state index contributed by atoms with van der Waals surface area (Å²) in [6.45, 7) is 1.18. The largest absolute Gasteiger partial charge is 0.508 e. The van der Waals surface area contributed by atoms with E-state index in [2.05, 4.69) is 5.32 Å². The SMILES string of the molecule is OCCCc1ccc(O)c([C@H]2CN2)c1. The van der Waals surface area contributed by atoms with E-state index >= 15 is 0 Å². The second-order valence-electron chi connectivity index (χ2n) is 3.68. The van der Waals surface area contributed by atoms with Gasteiger partial charge < -0.3 is 15.5 Å². The monoisotopic (exact) mass is 193 g/mol. The number of hydrogen-bond acceptors (Lipinski definition) is 3. The zero-order valence-electron chi connectivity index (χ0n) is 8.03. The maximum Gasteiger partial charge on any atom is 0.120 e. The third kappa shape index (κ3) is 2.05. The maximum absolute atomic E-state index is 9.58. The van der Waals surface area contributed by atoms with E-state index in [1.807, 2.05) is 12.1 Å². The summed E-state index contributed by atoms with van der Waals surface area (Å²) in [5.41, 5.74) is 2.17. The van der Waals surface area contributed by atoms with E-state index in [-0.39, 0.29) is 6.61 Å². The van der Waals surface area contributed by atoms with Crippen molar-refractivity contribution in [2.75, 3.05) is 13.2 Å². The molecular formula is C11H15NO2. The molecule has 1 aromatic carbocycles. The number of aryl methyl sites for hydroxylation is 1. The van der Waals surface area contributed by atoms with E-state index in [4.69, 9.17) is 5.11 Å². The summed E-state index contributed by atoms with van der Waals surface area (Å²) in [7, 11) is 0. The smallest absolute Gasteiger partial charge is 0.120 e. The van der Waals surface area contributed by atoms with Crippen LogP contribution in [0.5, 0.6) is 5.75 Å². The highest BCUT2D eigenvalue weighted by molar-refractivity contribution is 5.40. The lowest BCUT2D eigenvalue weighted by atomic mass is 10.0. The van der Waals surface area contributed by atoms with Crippen LogP contribution in [0.4, 0.5) is 0 Å². The predicted molar refractivity (Wildman–Crippen MR) is 54.3 cm³/mol. The van der Waals surface area contributed by atoms with Crippen molar-refractivity contribution in [2.45, 2.75) is 18.9 Å². The fraction of sp³-hybridized carbons (Fsp3) is 0.455. The van der Waals surface area contributed by atoms with Gasteiger partial charge in [0.25, 0.3) is 0 Å². The van der Waals surface area contributed by atoms with Crippen molar-refractivity contribution in [3.05, 3.63) is 29.3 Å². The van der Waals surface area contributed by atoms with Crippen molar-refractivity contribution in [2.24, 2.45) is 0 Å². The molecule has 0 unspecified atom stereocenters. The number of hydrogen-bond donors (Lipinski definition) is 3. The Morgan fingerprint density at radius 3 is 2.86 bits per heavy atom. The first-order chi connectivity index (χ1) is 6.81. The summed E-state index contributed by atoms with van der Waals surface area (Å²) in [6, 6.07) is 6.01. The van der Waals surface area contributed by atoms with Crippen LogP contribution in [0.15, 0.2) is 18.2 Å². The van der Waals surface area contributed by atoms with Crippen LogP contribution in [0.3, 0.4) is 0 Å². The molecule has 0 aromatic heterocycles. The van der Waals surface area contributed by atoms with Gasteiger partial charge in [0.1, 0.15) is 5.75 Å². The summed E-state index contributed by atoms with van der Waals surface area (Å²) in [4.78, 5) is 0. The molecule has 0 saturated carbocycles. The standard InChI is InChI=1S/C11H15NO2/c13-5-1-2-8-3-4-11(14)9(6-8)10-7-12-10/h3-4,6,10,12-14H,1-2,5,7H2/t10-/m1/s1. The molecule has 1 aromatic rings. The van der Waals surface area contributed by atoms with Gasteiger partial charge in [-0.2, -0.15) is 0 Å². The number of phenolic OH excluding ortho intramolecular Hbond substituents is 1. The van der Waals surface area contributed by atoms with Gasteiger partial charge in [-0.25, -0.2) is 0 Å². The topological polar surface area (TPSA) is 62.4 Å². The van der Waals surface area contributed by atoms with Gasteiger partial charge >= 0.3 is 0 Å². The molecule has 14 heavy (non-hydrogen) atoms. The van der Waals surface area contributed by atoms with E-state index in [1.165, 1.54) is 5.56 Å². The Labute approximate surface area is 83.4 Å². The first-order valence-corrected chi connectivity index (χ1v) is 4.97. The molecule has 1 aliphatic rings. The molecule has 0 amide bonds. The maximum atomic E-state index is 9.58. The fourth-order valence-corrected chi connectivity index (χ4v) is 1.60. The normalized spacial score (nSPS) is 19.6. The van der Waals surface area contributed by atoms with E-state index < -0.39 is 0 Å². The number of benzene rings is 1. The molecule has 0 radical (unpaired) electrons. The molecule has 3 nitrogen and oxygen atoms in total. The predicted octanol–water partition coefficient (Wildman–Crippen LogP) is 0.961. The van der Waals surface area contributed by atoms with Gasteiger partial charge in [0.05, 0.1) is 0 Å². The summed E-state index contributed by atoms with van der Waals surface area (Å²) >= 11 is 0. The fourth-order valence-electron chi connectivity index (χ4n) is 1.60. The number of phenols is 1. The highest BCUT2D eigenvalue weighted by atomic mass is 16.3. The number of nitrogens with one attached hydrogen (secondary N) is 1. The average molecular weight is 193 g/mol. The van der Waals surface area contributed by atoms with Crippen molar-refractivity contribution in [1.82, 2.24) is 5.32 Å². The Bertz CT molecular complexity index is 321. The molecule has 3 heteroatoms. The van der Waals surface area contributed by atoms with Crippen LogP contribution >= 0.6 is 0 Å². The molecule has 1 fully saturated rings. The van der Waals surface area contributed by atoms with Crippen LogP contribution in [0.2, 0.25) is 0 Å². The molecule has 0 aliphatic carbocycles. The highest BCUT2D eigenvalue weighted by Crippen LogP contribution is 2.30. The van der Waals surface area contributed by atoms with Gasteiger partial charge in [0, 0.05) is 24.8 Å². The molecule has 0 bridgehead atoms. The second kappa shape index (κ2) is 3.98. The molecule has 1 aliphatic heterocycles. The lowest BCUT2D eigenvalue weighted by molar-refractivity contribution is 0.288. The number of rotatable bonds is 4. The number of aliphatic hydroxyl groups excluding tert-OH is 1. The van der Waals surface area contributed by atoms with Gasteiger partial charge in [-0.1, -0.05) is 12.1 Å². The average Bonchev–Trinajstić information content (AvgIpc) is 3.00. The Morgan fingerprint density at radius 1 is 1.43 bits per heavy atom. The summed E-state index contributed by atoms with van der Waals surface area (Å²) in [6.07, 6.45) is 1.65. The minimum absolute atomic E-state index is 0.220. The number of aromatic hydroxyl groups is 1. The van der Waals surface area contributed by atoms with E-state index in [0.29, 0.717) is 11.8 Å². The Hall–Kier alpha value is -1.06. The van der Waals surface area contributed by atoms with E-state index in [1.54, 1.807) is 6.07 Å². The first-order valence-electron chi connectivity index (χ1n) is 4.97. The third-order valence-electron chi connectivity index (χ3n) is 2.50. The van der Waals surface area contributed by atoms with Crippen molar-refractivity contribution in [3.8, 4) is 5.75 Å². The molecular weight excluding hydrogens is 178 g/mol. The van der Waals surface area contributed by atoms with Crippen LogP contribution < -0.4 is 5.32 Å². The van der Waals surface area contributed by atoms with Crippen LogP contribution in [0.1, 0.15) is 23.6 Å². The highest BCUT2D eigenvalue weighted by Gasteiger charge is 2.25. The minimum atomic E-state index is 0.220. The molecule has 76 valence electrons. The van der Waals surface area contributed by atoms with Crippen LogP contribution in [0.25, 0.3) is 0 Å². The van der Waals surface area contributed by atoms with Crippen LogP contribution in [0, 0.1) is 0 Å². The van der Waals surface area contributed by atoms with Crippen LogP contribution in [-0.4, -0.2) is 23.4 Å². The van der Waals surface area contributed by atoms with Crippen molar-refractivity contribution in [3.63, 3.8) is 0 Å². The molecule has 0 spiro atoms. The van der Waals surface area contributed by atoms with E-state index in [0.717, 1.165) is 24.9 Å². The molecule has 3 N–H and O–H groups in total. The van der Waals surface area contributed by atoms with Gasteiger partial charge in [-0.05, 0) is 24.5 Å². The lowest BCUT2D eigenvalue weighted by Crippen LogP contribution is -1.92. The first kappa shape index (κ1) is 9.49. The summed E-state index contributed by atoms with van der Waals surface area (Å²) in [5, 5.41) is 21.5. The van der Waals surface area contributed by atoms with Crippen molar-refractivity contribution in [1.29, 1.82) is 0 Å². The van der Waals surface area contributed by atoms with Gasteiger partial charge in [0.15, 0.2) is 0 Å². The van der Waals surface area contributed by atoms with Gasteiger partial charge in [0.2, 0.25) is 0 Å². The van der Waals surface area contributed by atoms with Gasteiger partial charge in [-0.3, -0.25) is 0 Å². The van der Waals surface area contributed by atoms with Crippen LogP contribution in [-0.2, 0) is 6.42 Å². The molecule has 1 atom stereocenters. The Kier molecular flexibility index (Phi) is 2.70. The van der Waals surface area contributed by atoms with E-state index in [9.17, 15) is 5.11 Å². The summed E-state index contributed by atoms with van der Waals surface area (Å²) in [5.74, 6) is 0.368. The Balaban J connectivity index is 2.13. The molecule has 2 rings (SSSR count). The molecule has 1 heterocycles. The summed E-state index contributed by atoms with van der Waals surface area (Å²) < 4.78 is 0. The quantitative estimate of drug-likeness (QED) is 0.624. The molecule has 1 saturated heterocycles. The minimum Gasteiger partial charge on any atom is -0.508 e. The zero-order chi connectivity index (χ0) is 9.97. The van der Waals surface area contributed by atoms with Crippen molar-refractivity contribution < 1.29 is 10.2 Å². The number of aliphatic hydroxyl groups is 1. The van der Waals surface area contributed by atoms with Crippen molar-refractivity contribution >= 4 is 0 Å². The zero-order valence-corrected chi connectivity index (χ0v) is 8.03. The van der Waals surface area contributed by atoms with Gasteiger partial charge in [-0.15, -0.1) is 0 Å². The Morgan fingerprint density at radius 2 is 2.21 bits per heavy atom.